The first-order chi connectivity index (χ1) is 17.9. The van der Waals surface area contributed by atoms with Gasteiger partial charge in [-0.1, -0.05) is 6.07 Å². The van der Waals surface area contributed by atoms with E-state index in [1.165, 1.54) is 16.8 Å². The molecule has 0 unspecified atom stereocenters. The second kappa shape index (κ2) is 11.1. The Labute approximate surface area is 226 Å². The van der Waals surface area contributed by atoms with Crippen LogP contribution in [0.25, 0.3) is 0 Å². The first-order valence-electron chi connectivity index (χ1n) is 13.5. The second-order valence-corrected chi connectivity index (χ2v) is 11.5. The lowest BCUT2D eigenvalue weighted by Gasteiger charge is -2.38. The highest BCUT2D eigenvalue weighted by atomic mass is 16.6. The number of anilines is 3. The van der Waals surface area contributed by atoms with Gasteiger partial charge >= 0.3 is 12.1 Å². The molecule has 0 bridgehead atoms. The number of hydrogen-bond donors (Lipinski definition) is 1. The van der Waals surface area contributed by atoms with Gasteiger partial charge in [0.25, 0.3) is 0 Å². The smallest absolute Gasteiger partial charge is 0.410 e. The molecule has 3 heterocycles. The summed E-state index contributed by atoms with van der Waals surface area (Å²) in [6, 6.07) is 8.49. The Kier molecular flexibility index (Phi) is 8.04. The van der Waals surface area contributed by atoms with E-state index in [4.69, 9.17) is 9.72 Å². The number of pyridine rings is 1. The monoisotopic (exact) mass is 522 g/mol. The van der Waals surface area contributed by atoms with Gasteiger partial charge in [0, 0.05) is 63.7 Å². The standard InChI is InChI=1S/C29H42N6O3/c1-20-16-21(2)18-24(17-20)32-8-12-34(13-9-32)27(36)31-25-19-22(3)23(4)30-26(25)33-10-14-35(15-11-33)28(37)38-29(5,6)7/h16-19H,8-15H2,1-7H3,(H,31,36). The highest BCUT2D eigenvalue weighted by Gasteiger charge is 2.29. The molecule has 1 aromatic heterocycles. The zero-order valence-corrected chi connectivity index (χ0v) is 23.9. The molecule has 0 atom stereocenters. The lowest BCUT2D eigenvalue weighted by molar-refractivity contribution is 0.0240. The van der Waals surface area contributed by atoms with Crippen LogP contribution in [0.3, 0.4) is 0 Å². The van der Waals surface area contributed by atoms with Crippen LogP contribution in [-0.2, 0) is 4.74 Å². The Morgan fingerprint density at radius 2 is 1.34 bits per heavy atom. The summed E-state index contributed by atoms with van der Waals surface area (Å²) >= 11 is 0. The summed E-state index contributed by atoms with van der Waals surface area (Å²) in [6.07, 6.45) is -0.293. The second-order valence-electron chi connectivity index (χ2n) is 11.5. The fraction of sp³-hybridized carbons (Fsp3) is 0.552. The van der Waals surface area contributed by atoms with Crippen molar-refractivity contribution >= 4 is 29.3 Å². The van der Waals surface area contributed by atoms with E-state index in [9.17, 15) is 9.59 Å². The van der Waals surface area contributed by atoms with Gasteiger partial charge in [-0.25, -0.2) is 14.6 Å². The maximum atomic E-state index is 13.3. The minimum atomic E-state index is -0.522. The summed E-state index contributed by atoms with van der Waals surface area (Å²) in [5.74, 6) is 0.749. The molecule has 2 aromatic rings. The highest BCUT2D eigenvalue weighted by Crippen LogP contribution is 2.28. The molecule has 9 heteroatoms. The van der Waals surface area contributed by atoms with E-state index in [-0.39, 0.29) is 12.1 Å². The Hall–Kier alpha value is -3.49. The number of amides is 3. The van der Waals surface area contributed by atoms with Crippen LogP contribution in [0.2, 0.25) is 0 Å². The van der Waals surface area contributed by atoms with Crippen molar-refractivity contribution in [2.45, 2.75) is 54.1 Å². The van der Waals surface area contributed by atoms with E-state index in [2.05, 4.69) is 47.2 Å². The number of hydrogen-bond acceptors (Lipinski definition) is 6. The van der Waals surface area contributed by atoms with E-state index in [1.54, 1.807) is 4.90 Å². The van der Waals surface area contributed by atoms with Crippen molar-refractivity contribution in [2.24, 2.45) is 0 Å². The molecular formula is C29H42N6O3. The minimum Gasteiger partial charge on any atom is -0.444 e. The molecule has 3 amide bonds. The van der Waals surface area contributed by atoms with E-state index >= 15 is 0 Å². The van der Waals surface area contributed by atoms with Gasteiger partial charge in [0.15, 0.2) is 5.82 Å². The molecule has 0 saturated carbocycles. The van der Waals surface area contributed by atoms with Crippen molar-refractivity contribution in [1.82, 2.24) is 14.8 Å². The predicted octanol–water partition coefficient (Wildman–Crippen LogP) is 4.73. The number of piperazine rings is 2. The molecule has 2 aliphatic heterocycles. The zero-order chi connectivity index (χ0) is 27.6. The molecule has 0 spiro atoms. The van der Waals surface area contributed by atoms with Crippen LogP contribution in [0.15, 0.2) is 24.3 Å². The number of nitrogens with one attached hydrogen (secondary N) is 1. The highest BCUT2D eigenvalue weighted by molar-refractivity contribution is 5.93. The molecule has 2 saturated heterocycles. The lowest BCUT2D eigenvalue weighted by Crippen LogP contribution is -2.51. The molecule has 2 aliphatic rings. The maximum absolute atomic E-state index is 13.3. The van der Waals surface area contributed by atoms with E-state index in [0.717, 1.165) is 30.2 Å². The first kappa shape index (κ1) is 27.5. The van der Waals surface area contributed by atoms with E-state index in [1.807, 2.05) is 45.6 Å². The Balaban J connectivity index is 1.40. The number of aryl methyl sites for hydroxylation is 4. The zero-order valence-electron chi connectivity index (χ0n) is 23.9. The number of nitrogens with zero attached hydrogens (tertiary/aromatic N) is 5. The van der Waals surface area contributed by atoms with Crippen LogP contribution in [-0.4, -0.2) is 84.9 Å². The van der Waals surface area contributed by atoms with Crippen molar-refractivity contribution in [2.75, 3.05) is 67.5 Å². The average Bonchev–Trinajstić information content (AvgIpc) is 2.84. The largest absolute Gasteiger partial charge is 0.444 e. The minimum absolute atomic E-state index is 0.108. The van der Waals surface area contributed by atoms with Crippen molar-refractivity contribution in [1.29, 1.82) is 0 Å². The van der Waals surface area contributed by atoms with Gasteiger partial charge in [-0.15, -0.1) is 0 Å². The third-order valence-electron chi connectivity index (χ3n) is 7.06. The van der Waals surface area contributed by atoms with Crippen LogP contribution in [0.4, 0.5) is 26.8 Å². The number of benzene rings is 1. The van der Waals surface area contributed by atoms with Crippen LogP contribution in [0.1, 0.15) is 43.2 Å². The van der Waals surface area contributed by atoms with Gasteiger partial charge in [0.2, 0.25) is 0 Å². The molecule has 206 valence electrons. The van der Waals surface area contributed by atoms with E-state index in [0.29, 0.717) is 45.0 Å². The predicted molar refractivity (Wildman–Crippen MR) is 152 cm³/mol. The van der Waals surface area contributed by atoms with Crippen molar-refractivity contribution < 1.29 is 14.3 Å². The summed E-state index contributed by atoms with van der Waals surface area (Å²) in [5, 5.41) is 3.14. The quantitative estimate of drug-likeness (QED) is 0.628. The number of ether oxygens (including phenoxy) is 1. The summed E-state index contributed by atoms with van der Waals surface area (Å²) in [6.45, 7) is 19.0. The van der Waals surface area contributed by atoms with Crippen molar-refractivity contribution in [3.8, 4) is 0 Å². The summed E-state index contributed by atoms with van der Waals surface area (Å²) in [4.78, 5) is 38.7. The number of urea groups is 1. The Morgan fingerprint density at radius 1 is 0.789 bits per heavy atom. The summed E-state index contributed by atoms with van der Waals surface area (Å²) < 4.78 is 5.53. The molecule has 0 aliphatic carbocycles. The molecule has 4 rings (SSSR count). The van der Waals surface area contributed by atoms with Gasteiger partial charge in [0.1, 0.15) is 5.60 Å². The SMILES string of the molecule is Cc1cc(C)cc(N2CCN(C(=O)Nc3cc(C)c(C)nc3N3CCN(C(=O)OC(C)(C)C)CC3)CC2)c1. The average molecular weight is 523 g/mol. The molecule has 1 N–H and O–H groups in total. The van der Waals surface area contributed by atoms with Crippen LogP contribution in [0.5, 0.6) is 0 Å². The molecule has 1 aromatic carbocycles. The first-order valence-corrected chi connectivity index (χ1v) is 13.5. The molecule has 9 nitrogen and oxygen atoms in total. The third-order valence-corrected chi connectivity index (χ3v) is 7.06. The number of carbonyl (C=O) groups excluding carboxylic acids is 2. The Morgan fingerprint density at radius 3 is 1.92 bits per heavy atom. The lowest BCUT2D eigenvalue weighted by atomic mass is 10.1. The fourth-order valence-electron chi connectivity index (χ4n) is 4.95. The number of rotatable bonds is 3. The van der Waals surface area contributed by atoms with E-state index < -0.39 is 5.60 Å². The van der Waals surface area contributed by atoms with Crippen LogP contribution < -0.4 is 15.1 Å². The topological polar surface area (TPSA) is 81.3 Å². The van der Waals surface area contributed by atoms with Crippen LogP contribution in [0, 0.1) is 27.7 Å². The van der Waals surface area contributed by atoms with Gasteiger partial charge in [-0.05, 0) is 83.4 Å². The van der Waals surface area contributed by atoms with Crippen LogP contribution >= 0.6 is 0 Å². The molecule has 38 heavy (non-hydrogen) atoms. The van der Waals surface area contributed by atoms with Gasteiger partial charge < -0.3 is 29.7 Å². The Bertz CT molecular complexity index is 1160. The van der Waals surface area contributed by atoms with Gasteiger partial charge in [-0.2, -0.15) is 0 Å². The van der Waals surface area contributed by atoms with Gasteiger partial charge in [-0.3, -0.25) is 0 Å². The molecule has 2 fully saturated rings. The summed E-state index contributed by atoms with van der Waals surface area (Å²) in [5.41, 5.74) is 5.86. The number of aromatic nitrogens is 1. The maximum Gasteiger partial charge on any atom is 0.410 e. The molecular weight excluding hydrogens is 480 g/mol. The summed E-state index contributed by atoms with van der Waals surface area (Å²) in [7, 11) is 0. The number of carbonyl (C=O) groups is 2. The normalized spacial score (nSPS) is 16.5. The van der Waals surface area contributed by atoms with Crippen molar-refractivity contribution in [3.05, 3.63) is 46.6 Å². The fourth-order valence-corrected chi connectivity index (χ4v) is 4.95. The third kappa shape index (κ3) is 6.68. The van der Waals surface area contributed by atoms with Crippen molar-refractivity contribution in [3.63, 3.8) is 0 Å². The van der Waals surface area contributed by atoms with Gasteiger partial charge in [0.05, 0.1) is 5.69 Å². The molecule has 0 radical (unpaired) electrons.